The molecule has 1 aliphatic heterocycles. The van der Waals surface area contributed by atoms with Gasteiger partial charge in [-0.1, -0.05) is 48.5 Å². The molecule has 5 rings (SSSR count). The van der Waals surface area contributed by atoms with E-state index >= 15 is 0 Å². The fourth-order valence-electron chi connectivity index (χ4n) is 4.11. The Morgan fingerprint density at radius 3 is 2.69 bits per heavy atom. The number of H-pyrrole nitrogens is 1. The number of amides is 1. The van der Waals surface area contributed by atoms with Crippen LogP contribution in [0.3, 0.4) is 0 Å². The molecule has 1 amide bonds. The van der Waals surface area contributed by atoms with E-state index in [2.05, 4.69) is 16.0 Å². The summed E-state index contributed by atoms with van der Waals surface area (Å²) in [5.74, 6) is 0.273. The Hall–Kier alpha value is -3.93. The molecule has 0 bridgehead atoms. The van der Waals surface area contributed by atoms with Crippen LogP contribution in [0.4, 0.5) is 5.69 Å². The van der Waals surface area contributed by atoms with Crippen LogP contribution in [0.25, 0.3) is 22.4 Å². The number of aromatic nitrogens is 2. The van der Waals surface area contributed by atoms with Gasteiger partial charge in [0.1, 0.15) is 12.4 Å². The molecule has 6 heteroatoms. The fourth-order valence-corrected chi connectivity index (χ4v) is 4.11. The molecule has 1 aliphatic rings. The summed E-state index contributed by atoms with van der Waals surface area (Å²) >= 11 is 0. The number of anilines is 1. The number of hydrogen-bond donors (Lipinski definition) is 1. The lowest BCUT2D eigenvalue weighted by Gasteiger charge is -2.29. The molecule has 4 aromatic rings. The Bertz CT molecular complexity index is 1280. The van der Waals surface area contributed by atoms with Gasteiger partial charge in [-0.05, 0) is 42.7 Å². The summed E-state index contributed by atoms with van der Waals surface area (Å²) in [5, 5.41) is 0. The molecule has 0 spiro atoms. The quantitative estimate of drug-likeness (QED) is 0.468. The van der Waals surface area contributed by atoms with Crippen LogP contribution in [0.15, 0.2) is 72.8 Å². The predicted molar refractivity (Wildman–Crippen MR) is 124 cm³/mol. The summed E-state index contributed by atoms with van der Waals surface area (Å²) in [6, 6.07) is 23.0. The second-order valence-electron chi connectivity index (χ2n) is 7.85. The highest BCUT2D eigenvalue weighted by Crippen LogP contribution is 2.27. The Morgan fingerprint density at radius 2 is 1.81 bits per heavy atom. The van der Waals surface area contributed by atoms with Crippen LogP contribution in [0, 0.1) is 0 Å². The first-order valence-corrected chi connectivity index (χ1v) is 10.8. The second kappa shape index (κ2) is 8.67. The highest BCUT2D eigenvalue weighted by molar-refractivity contribution is 5.96. The van der Waals surface area contributed by atoms with Crippen LogP contribution in [0.5, 0.6) is 0 Å². The van der Waals surface area contributed by atoms with Crippen molar-refractivity contribution in [2.24, 2.45) is 0 Å². The molecule has 0 atom stereocenters. The van der Waals surface area contributed by atoms with Gasteiger partial charge < -0.3 is 14.6 Å². The number of ether oxygens (including phenoxy) is 1. The van der Waals surface area contributed by atoms with Crippen LogP contribution >= 0.6 is 0 Å². The molecule has 32 heavy (non-hydrogen) atoms. The third kappa shape index (κ3) is 3.99. The number of fused-ring (bicyclic) bond motifs is 2. The van der Waals surface area contributed by atoms with Gasteiger partial charge in [-0.2, -0.15) is 0 Å². The molecule has 1 aromatic heterocycles. The number of aromatic amines is 1. The minimum atomic E-state index is -0.449. The van der Waals surface area contributed by atoms with E-state index < -0.39 is 5.97 Å². The van der Waals surface area contributed by atoms with Crippen LogP contribution in [0.2, 0.25) is 0 Å². The molecule has 0 aliphatic carbocycles. The summed E-state index contributed by atoms with van der Waals surface area (Å²) < 4.78 is 5.40. The van der Waals surface area contributed by atoms with Crippen LogP contribution < -0.4 is 4.90 Å². The number of hydrogen-bond acceptors (Lipinski definition) is 4. The normalized spacial score (nSPS) is 13.1. The summed E-state index contributed by atoms with van der Waals surface area (Å²) in [7, 11) is 0. The average Bonchev–Trinajstić information content (AvgIpc) is 3.27. The average molecular weight is 425 g/mol. The monoisotopic (exact) mass is 425 g/mol. The third-order valence-corrected chi connectivity index (χ3v) is 5.73. The number of carbonyl (C=O) groups excluding carboxylic acids is 2. The number of esters is 1. The lowest BCUT2D eigenvalue weighted by molar-refractivity contribution is -0.119. The van der Waals surface area contributed by atoms with Gasteiger partial charge in [-0.3, -0.25) is 4.79 Å². The Kier molecular flexibility index (Phi) is 5.42. The summed E-state index contributed by atoms with van der Waals surface area (Å²) in [5.41, 5.74) is 5.10. The Morgan fingerprint density at radius 1 is 1.00 bits per heavy atom. The van der Waals surface area contributed by atoms with Crippen molar-refractivity contribution in [1.82, 2.24) is 9.97 Å². The molecule has 3 aromatic carbocycles. The smallest absolute Gasteiger partial charge is 0.338 e. The van der Waals surface area contributed by atoms with E-state index in [4.69, 9.17) is 4.74 Å². The molecule has 0 radical (unpaired) electrons. The molecule has 0 saturated carbocycles. The van der Waals surface area contributed by atoms with Crippen molar-refractivity contribution in [1.29, 1.82) is 0 Å². The molecule has 0 unspecified atom stereocenters. The van der Waals surface area contributed by atoms with Gasteiger partial charge >= 0.3 is 5.97 Å². The van der Waals surface area contributed by atoms with Crippen LogP contribution in [0.1, 0.15) is 28.8 Å². The van der Waals surface area contributed by atoms with E-state index in [1.165, 1.54) is 5.56 Å². The van der Waals surface area contributed by atoms with Crippen LogP contribution in [-0.2, 0) is 16.0 Å². The molecule has 160 valence electrons. The summed E-state index contributed by atoms with van der Waals surface area (Å²) in [6.07, 6.45) is 2.08. The number of imidazole rings is 1. The fraction of sp³-hybridized carbons (Fsp3) is 0.192. The molecule has 2 heterocycles. The standard InChI is InChI=1S/C26H23N3O3/c30-24(29-15-6-10-18-7-4-5-11-23(18)29)14-16-32-26(31)20-12-13-21-22(17-20)28-25(27-21)19-8-2-1-3-9-19/h1-5,7-9,11-13,17H,6,10,14-16H2,(H,27,28). The van der Waals surface area contributed by atoms with Gasteiger partial charge in [0.05, 0.1) is 23.0 Å². The Balaban J connectivity index is 1.22. The molecule has 0 fully saturated rings. The second-order valence-corrected chi connectivity index (χ2v) is 7.85. The highest BCUT2D eigenvalue weighted by Gasteiger charge is 2.22. The van der Waals surface area contributed by atoms with E-state index in [0.717, 1.165) is 41.0 Å². The van der Waals surface area contributed by atoms with Crippen molar-refractivity contribution in [3.05, 3.63) is 83.9 Å². The minimum Gasteiger partial charge on any atom is -0.462 e. The number of carbonyl (C=O) groups is 2. The van der Waals surface area contributed by atoms with Crippen molar-refractivity contribution in [2.75, 3.05) is 18.1 Å². The van der Waals surface area contributed by atoms with E-state index in [-0.39, 0.29) is 18.9 Å². The van der Waals surface area contributed by atoms with E-state index in [1.807, 2.05) is 48.5 Å². The number of para-hydroxylation sites is 1. The zero-order valence-corrected chi connectivity index (χ0v) is 17.6. The largest absolute Gasteiger partial charge is 0.462 e. The van der Waals surface area contributed by atoms with Crippen molar-refractivity contribution in [3.63, 3.8) is 0 Å². The zero-order valence-electron chi connectivity index (χ0n) is 17.6. The van der Waals surface area contributed by atoms with Gasteiger partial charge in [0.2, 0.25) is 5.91 Å². The number of nitrogens with zero attached hydrogens (tertiary/aromatic N) is 2. The van der Waals surface area contributed by atoms with E-state index in [9.17, 15) is 9.59 Å². The van der Waals surface area contributed by atoms with Gasteiger partial charge in [-0.25, -0.2) is 9.78 Å². The zero-order chi connectivity index (χ0) is 21.9. The lowest BCUT2D eigenvalue weighted by atomic mass is 10.0. The van der Waals surface area contributed by atoms with Crippen LogP contribution in [-0.4, -0.2) is 35.0 Å². The molecule has 1 N–H and O–H groups in total. The third-order valence-electron chi connectivity index (χ3n) is 5.73. The molecular weight excluding hydrogens is 402 g/mol. The first-order valence-electron chi connectivity index (χ1n) is 10.8. The number of nitrogens with one attached hydrogen (secondary N) is 1. The summed E-state index contributed by atoms with van der Waals surface area (Å²) in [4.78, 5) is 34.9. The topological polar surface area (TPSA) is 75.3 Å². The maximum atomic E-state index is 12.7. The van der Waals surface area contributed by atoms with E-state index in [1.54, 1.807) is 23.1 Å². The maximum Gasteiger partial charge on any atom is 0.338 e. The summed E-state index contributed by atoms with van der Waals surface area (Å²) in [6.45, 7) is 0.747. The SMILES string of the molecule is O=C(OCCC(=O)N1CCCc2ccccc21)c1ccc2nc(-c3ccccc3)[nH]c2c1. The van der Waals surface area contributed by atoms with Crippen molar-refractivity contribution < 1.29 is 14.3 Å². The van der Waals surface area contributed by atoms with Gasteiger partial charge in [0.25, 0.3) is 0 Å². The van der Waals surface area contributed by atoms with Gasteiger partial charge in [0, 0.05) is 17.8 Å². The Labute approximate surface area is 185 Å². The van der Waals surface area contributed by atoms with E-state index in [0.29, 0.717) is 12.1 Å². The minimum absolute atomic E-state index is 0.0264. The number of aryl methyl sites for hydroxylation is 1. The first-order chi connectivity index (χ1) is 15.7. The predicted octanol–water partition coefficient (Wildman–Crippen LogP) is 4.76. The maximum absolute atomic E-state index is 12.7. The number of benzene rings is 3. The molecule has 6 nitrogen and oxygen atoms in total. The van der Waals surface area contributed by atoms with Gasteiger partial charge in [0.15, 0.2) is 0 Å². The van der Waals surface area contributed by atoms with Crippen molar-refractivity contribution >= 4 is 28.6 Å². The molecular formula is C26H23N3O3. The van der Waals surface area contributed by atoms with Crippen molar-refractivity contribution in [2.45, 2.75) is 19.3 Å². The highest BCUT2D eigenvalue weighted by atomic mass is 16.5. The molecule has 0 saturated heterocycles. The number of rotatable bonds is 5. The first kappa shape index (κ1) is 20.0. The van der Waals surface area contributed by atoms with Gasteiger partial charge in [-0.15, -0.1) is 0 Å². The van der Waals surface area contributed by atoms with Crippen molar-refractivity contribution in [3.8, 4) is 11.4 Å². The lowest BCUT2D eigenvalue weighted by Crippen LogP contribution is -2.36.